The minimum Gasteiger partial charge on any atom is -0.497 e. The smallest absolute Gasteiger partial charge is 0.262 e. The minimum atomic E-state index is -0.418. The maximum absolute atomic E-state index is 12.7. The lowest BCUT2D eigenvalue weighted by atomic mass is 10.1. The number of anilines is 1. The number of nitriles is 1. The van der Waals surface area contributed by atoms with Gasteiger partial charge in [0.15, 0.2) is 0 Å². The molecular weight excluding hydrogens is 442 g/mol. The maximum Gasteiger partial charge on any atom is 0.262 e. The molecule has 1 aromatic carbocycles. The van der Waals surface area contributed by atoms with Crippen LogP contribution in [0.5, 0.6) is 5.75 Å². The van der Waals surface area contributed by atoms with Crippen LogP contribution in [-0.4, -0.2) is 48.9 Å². The topological polar surface area (TPSA) is 92.4 Å². The highest BCUT2D eigenvalue weighted by Gasteiger charge is 2.15. The van der Waals surface area contributed by atoms with E-state index in [2.05, 4.69) is 19.8 Å². The van der Waals surface area contributed by atoms with Crippen molar-refractivity contribution >= 4 is 17.8 Å². The lowest BCUT2D eigenvalue weighted by molar-refractivity contribution is -0.117. The molecule has 3 aromatic rings. The third-order valence-electron chi connectivity index (χ3n) is 6.06. The quantitative estimate of drug-likeness (QED) is 0.418. The fraction of sp³-hybridized carbons (Fsp3) is 0.296. The van der Waals surface area contributed by atoms with Crippen molar-refractivity contribution < 1.29 is 14.3 Å². The number of carbonyl (C=O) groups excluding carboxylic acids is 1. The number of nitrogens with one attached hydrogen (secondary N) is 1. The Morgan fingerprint density at radius 1 is 1.20 bits per heavy atom. The second-order valence-corrected chi connectivity index (χ2v) is 8.34. The highest BCUT2D eigenvalue weighted by atomic mass is 16.5. The number of carbonyl (C=O) groups is 1. The summed E-state index contributed by atoms with van der Waals surface area (Å²) in [4.78, 5) is 19.4. The number of ether oxygens (including phenoxy) is 2. The van der Waals surface area contributed by atoms with Gasteiger partial charge in [-0.15, -0.1) is 0 Å². The van der Waals surface area contributed by atoms with Gasteiger partial charge in [0.2, 0.25) is 0 Å². The van der Waals surface area contributed by atoms with E-state index in [4.69, 9.17) is 9.47 Å². The fourth-order valence-electron chi connectivity index (χ4n) is 4.14. The van der Waals surface area contributed by atoms with Crippen LogP contribution in [0.1, 0.15) is 22.5 Å². The van der Waals surface area contributed by atoms with Crippen molar-refractivity contribution in [3.63, 3.8) is 0 Å². The highest BCUT2D eigenvalue weighted by molar-refractivity contribution is 6.01. The first-order valence-corrected chi connectivity index (χ1v) is 11.5. The standard InChI is InChI=1S/C27H29N5O3/c1-19-14-22(20(2)32(19)24-5-7-25(34-3)8-6-24)15-23(16-28)27(33)30-18-21-4-9-26(29-17-21)31-10-12-35-13-11-31/h4-9,14-15,17H,10-13,18H2,1-3H3,(H,30,33)/b23-15+. The molecule has 0 radical (unpaired) electrons. The van der Waals surface area contributed by atoms with E-state index >= 15 is 0 Å². The van der Waals surface area contributed by atoms with Gasteiger partial charge in [-0.1, -0.05) is 6.07 Å². The number of hydrogen-bond donors (Lipinski definition) is 1. The van der Waals surface area contributed by atoms with E-state index in [1.807, 2.05) is 62.4 Å². The molecule has 1 aliphatic rings. The molecular formula is C27H29N5O3. The summed E-state index contributed by atoms with van der Waals surface area (Å²) in [5.74, 6) is 1.26. The molecule has 2 aromatic heterocycles. The monoisotopic (exact) mass is 471 g/mol. The number of benzene rings is 1. The van der Waals surface area contributed by atoms with E-state index in [1.54, 1.807) is 19.4 Å². The van der Waals surface area contributed by atoms with Crippen LogP contribution < -0.4 is 15.0 Å². The van der Waals surface area contributed by atoms with E-state index in [1.165, 1.54) is 0 Å². The summed E-state index contributed by atoms with van der Waals surface area (Å²) in [6.07, 6.45) is 3.39. The van der Waals surface area contributed by atoms with E-state index in [0.29, 0.717) is 19.8 Å². The normalized spacial score (nSPS) is 13.9. The lowest BCUT2D eigenvalue weighted by Gasteiger charge is -2.27. The first-order valence-electron chi connectivity index (χ1n) is 11.5. The van der Waals surface area contributed by atoms with Crippen molar-refractivity contribution in [2.75, 3.05) is 38.3 Å². The van der Waals surface area contributed by atoms with Gasteiger partial charge in [-0.3, -0.25) is 4.79 Å². The molecule has 0 unspecified atom stereocenters. The van der Waals surface area contributed by atoms with Gasteiger partial charge in [0.05, 0.1) is 20.3 Å². The Balaban J connectivity index is 1.44. The van der Waals surface area contributed by atoms with Crippen molar-refractivity contribution in [2.24, 2.45) is 0 Å². The molecule has 0 bridgehead atoms. The third-order valence-corrected chi connectivity index (χ3v) is 6.06. The summed E-state index contributed by atoms with van der Waals surface area (Å²) in [6, 6.07) is 15.7. The zero-order chi connectivity index (χ0) is 24.8. The largest absolute Gasteiger partial charge is 0.497 e. The van der Waals surface area contributed by atoms with Gasteiger partial charge < -0.3 is 24.3 Å². The lowest BCUT2D eigenvalue weighted by Crippen LogP contribution is -2.36. The summed E-state index contributed by atoms with van der Waals surface area (Å²) < 4.78 is 12.7. The Bertz CT molecular complexity index is 1250. The van der Waals surface area contributed by atoms with Gasteiger partial charge in [0.25, 0.3) is 5.91 Å². The number of morpholine rings is 1. The van der Waals surface area contributed by atoms with Crippen molar-refractivity contribution in [2.45, 2.75) is 20.4 Å². The van der Waals surface area contributed by atoms with Crippen LogP contribution in [0.4, 0.5) is 5.82 Å². The number of rotatable bonds is 7. The highest BCUT2D eigenvalue weighted by Crippen LogP contribution is 2.24. The van der Waals surface area contributed by atoms with Gasteiger partial charge in [0, 0.05) is 42.9 Å². The molecule has 1 N–H and O–H groups in total. The molecule has 1 fully saturated rings. The average Bonchev–Trinajstić information content (AvgIpc) is 3.18. The number of methoxy groups -OCH3 is 1. The minimum absolute atomic E-state index is 0.0536. The molecule has 0 saturated carbocycles. The Hall–Kier alpha value is -4.09. The fourth-order valence-corrected chi connectivity index (χ4v) is 4.14. The number of nitrogens with zero attached hydrogens (tertiary/aromatic N) is 4. The number of pyridine rings is 1. The van der Waals surface area contributed by atoms with Crippen molar-refractivity contribution in [3.8, 4) is 17.5 Å². The SMILES string of the molecule is COc1ccc(-n2c(C)cc(/C=C(\C#N)C(=O)NCc3ccc(N4CCOCC4)nc3)c2C)cc1. The first kappa shape index (κ1) is 24.0. The molecule has 0 atom stereocenters. The number of amides is 1. The predicted octanol–water partition coefficient (Wildman–Crippen LogP) is 3.56. The predicted molar refractivity (Wildman–Crippen MR) is 135 cm³/mol. The summed E-state index contributed by atoms with van der Waals surface area (Å²) in [5, 5.41) is 12.5. The van der Waals surface area contributed by atoms with Crippen LogP contribution >= 0.6 is 0 Å². The summed E-state index contributed by atoms with van der Waals surface area (Å²) in [6.45, 7) is 7.29. The van der Waals surface area contributed by atoms with E-state index in [-0.39, 0.29) is 5.57 Å². The van der Waals surface area contributed by atoms with Crippen LogP contribution in [0.2, 0.25) is 0 Å². The average molecular weight is 472 g/mol. The van der Waals surface area contributed by atoms with E-state index < -0.39 is 5.91 Å². The molecule has 0 aliphatic carbocycles. The van der Waals surface area contributed by atoms with Crippen molar-refractivity contribution in [3.05, 3.63) is 76.7 Å². The molecule has 3 heterocycles. The van der Waals surface area contributed by atoms with Crippen molar-refractivity contribution in [1.82, 2.24) is 14.9 Å². The number of hydrogen-bond acceptors (Lipinski definition) is 6. The molecule has 8 nitrogen and oxygen atoms in total. The van der Waals surface area contributed by atoms with Crippen LogP contribution in [0.15, 0.2) is 54.2 Å². The van der Waals surface area contributed by atoms with Crippen LogP contribution in [0.3, 0.4) is 0 Å². The molecule has 35 heavy (non-hydrogen) atoms. The molecule has 180 valence electrons. The molecule has 1 aliphatic heterocycles. The Morgan fingerprint density at radius 2 is 1.94 bits per heavy atom. The summed E-state index contributed by atoms with van der Waals surface area (Å²) in [7, 11) is 1.63. The molecule has 1 saturated heterocycles. The Morgan fingerprint density at radius 3 is 2.57 bits per heavy atom. The zero-order valence-electron chi connectivity index (χ0n) is 20.2. The second-order valence-electron chi connectivity index (χ2n) is 8.34. The van der Waals surface area contributed by atoms with Gasteiger partial charge in [0.1, 0.15) is 23.2 Å². The van der Waals surface area contributed by atoms with Gasteiger partial charge >= 0.3 is 0 Å². The maximum atomic E-state index is 12.7. The first-order chi connectivity index (χ1) is 17.0. The van der Waals surface area contributed by atoms with Crippen LogP contribution in [-0.2, 0) is 16.1 Å². The summed E-state index contributed by atoms with van der Waals surface area (Å²) >= 11 is 0. The second kappa shape index (κ2) is 10.9. The molecule has 1 amide bonds. The number of aryl methyl sites for hydroxylation is 1. The summed E-state index contributed by atoms with van der Waals surface area (Å²) in [5.41, 5.74) is 4.67. The molecule has 4 rings (SSSR count). The van der Waals surface area contributed by atoms with E-state index in [0.717, 1.165) is 52.9 Å². The Kier molecular flexibility index (Phi) is 7.48. The van der Waals surface area contributed by atoms with Crippen molar-refractivity contribution in [1.29, 1.82) is 5.26 Å². The van der Waals surface area contributed by atoms with Gasteiger partial charge in [-0.25, -0.2) is 4.98 Å². The number of aromatic nitrogens is 2. The molecule has 8 heteroatoms. The molecule has 0 spiro atoms. The van der Waals surface area contributed by atoms with Gasteiger partial charge in [-0.2, -0.15) is 5.26 Å². The van der Waals surface area contributed by atoms with Crippen LogP contribution in [0, 0.1) is 25.2 Å². The Labute approximate surface area is 205 Å². The van der Waals surface area contributed by atoms with Crippen LogP contribution in [0.25, 0.3) is 11.8 Å². The third kappa shape index (κ3) is 5.53. The zero-order valence-corrected chi connectivity index (χ0v) is 20.2. The van der Waals surface area contributed by atoms with Gasteiger partial charge in [-0.05, 0) is 67.4 Å². The van der Waals surface area contributed by atoms with E-state index in [9.17, 15) is 10.1 Å².